The highest BCUT2D eigenvalue weighted by atomic mass is 19.1. The molecule has 0 saturated carbocycles. The van der Waals surface area contributed by atoms with Crippen molar-refractivity contribution in [3.05, 3.63) is 202 Å². The largest absolute Gasteiger partial charge is 0.397 e. The molecule has 10 rings (SSSR count). The third-order valence-electron chi connectivity index (χ3n) is 10.7. The first-order valence-corrected chi connectivity index (χ1v) is 20.2. The fraction of sp³-hybridized carbons (Fsp3) is 0.0926. The molecule has 0 aromatic heterocycles. The molecule has 8 heteroatoms. The molecule has 2 heterocycles. The van der Waals surface area contributed by atoms with Crippen LogP contribution in [0.15, 0.2) is 146 Å². The van der Waals surface area contributed by atoms with E-state index < -0.39 is 0 Å². The van der Waals surface area contributed by atoms with Crippen LogP contribution in [0.25, 0.3) is 56.7 Å². The van der Waals surface area contributed by atoms with Crippen molar-refractivity contribution < 1.29 is 28.3 Å². The number of aldehydes is 1. The molecular weight excluding hydrogens is 779 g/mol. The zero-order chi connectivity index (χ0) is 43.9. The van der Waals surface area contributed by atoms with Crippen molar-refractivity contribution in [2.75, 3.05) is 17.2 Å². The minimum atomic E-state index is -0.346. The molecule has 308 valence electrons. The van der Waals surface area contributed by atoms with E-state index in [2.05, 4.69) is 34.9 Å². The molecule has 2 aromatic carbocycles. The standard InChI is InChI=1S/2C20H14FNO.C12H10O.C2H6O/c2*1-12-9-13(16-6-4-2-3-5-15(12)16)10-18-17-11-14(21)7-8-19(17)22-20(18)23;1-9-7-10(8-13)12-6-4-2-3-5-11(9)12;1-2-3/h2*2-11H,1H3,(H,22,23);2-8H,1H3;3H,2H2,1H3/b18-10+;18-10-;;. The normalized spacial score (nSPS) is 13.6. The van der Waals surface area contributed by atoms with Gasteiger partial charge in [-0.25, -0.2) is 8.78 Å². The van der Waals surface area contributed by atoms with Crippen molar-refractivity contribution in [2.45, 2.75) is 27.7 Å². The van der Waals surface area contributed by atoms with Crippen LogP contribution in [-0.4, -0.2) is 29.8 Å². The highest BCUT2D eigenvalue weighted by Gasteiger charge is 2.27. The van der Waals surface area contributed by atoms with Crippen LogP contribution in [0.3, 0.4) is 0 Å². The number of hydrogen-bond donors (Lipinski definition) is 3. The number of halogens is 2. The summed E-state index contributed by atoms with van der Waals surface area (Å²) in [6.45, 7) is 8.05. The van der Waals surface area contributed by atoms with Crippen LogP contribution in [0, 0.1) is 32.4 Å². The van der Waals surface area contributed by atoms with Crippen molar-refractivity contribution in [3.63, 3.8) is 0 Å². The topological polar surface area (TPSA) is 95.5 Å². The first kappa shape index (κ1) is 42.6. The Morgan fingerprint density at radius 1 is 0.468 bits per heavy atom. The molecule has 0 bridgehead atoms. The van der Waals surface area contributed by atoms with Crippen LogP contribution in [0.5, 0.6) is 0 Å². The third kappa shape index (κ3) is 8.96. The second kappa shape index (κ2) is 18.8. The van der Waals surface area contributed by atoms with Gasteiger partial charge in [0.25, 0.3) is 11.8 Å². The fourth-order valence-corrected chi connectivity index (χ4v) is 7.85. The number of carbonyl (C=O) groups is 3. The number of aliphatic hydroxyl groups excluding tert-OH is 1. The van der Waals surface area contributed by atoms with Crippen LogP contribution >= 0.6 is 0 Å². The lowest BCUT2D eigenvalue weighted by molar-refractivity contribution is -0.111. The number of nitrogens with one attached hydrogen (secondary N) is 2. The van der Waals surface area contributed by atoms with Crippen molar-refractivity contribution >= 4 is 52.8 Å². The fourth-order valence-electron chi connectivity index (χ4n) is 7.85. The smallest absolute Gasteiger partial charge is 0.256 e. The maximum Gasteiger partial charge on any atom is 0.256 e. The lowest BCUT2D eigenvalue weighted by atomic mass is 10.0. The number of aliphatic hydroxyl groups is 1. The number of carbonyl (C=O) groups excluding carboxylic acids is 3. The van der Waals surface area contributed by atoms with E-state index in [1.54, 1.807) is 19.1 Å². The lowest BCUT2D eigenvalue weighted by Crippen LogP contribution is -2.03. The molecule has 0 unspecified atom stereocenters. The zero-order valence-electron chi connectivity index (χ0n) is 34.7. The van der Waals surface area contributed by atoms with E-state index in [0.717, 1.165) is 73.0 Å². The molecule has 8 aliphatic rings. The van der Waals surface area contributed by atoms with Crippen molar-refractivity contribution in [2.24, 2.45) is 0 Å². The number of fused-ring (bicyclic) bond motifs is 5. The Hall–Kier alpha value is -7.55. The third-order valence-corrected chi connectivity index (χ3v) is 10.7. The van der Waals surface area contributed by atoms with Gasteiger partial charge in [0.2, 0.25) is 0 Å². The van der Waals surface area contributed by atoms with Crippen molar-refractivity contribution in [3.8, 4) is 33.4 Å². The summed E-state index contributed by atoms with van der Waals surface area (Å²) in [5, 5.41) is 13.1. The van der Waals surface area contributed by atoms with E-state index in [-0.39, 0.29) is 30.1 Å². The SMILES string of the molecule is CCO.Cc1cc(/C=C2/C(=O)Nc3ccc(F)cc32)c2cccccc1-2.Cc1cc(/C=C2\C(=O)Nc3ccc(F)cc32)c2cccccc1-2.Cc1cc(C=O)c2cccccc1-2. The summed E-state index contributed by atoms with van der Waals surface area (Å²) in [6, 6.07) is 44.8. The summed E-state index contributed by atoms with van der Waals surface area (Å²) in [7, 11) is 0. The summed E-state index contributed by atoms with van der Waals surface area (Å²) in [6.07, 6.45) is 4.60. The number of rotatable bonds is 3. The molecule has 0 radical (unpaired) electrons. The second-order valence-corrected chi connectivity index (χ2v) is 14.9. The average Bonchev–Trinajstić information content (AvgIpc) is 3.77. The molecule has 0 saturated heterocycles. The van der Waals surface area contributed by atoms with E-state index >= 15 is 0 Å². The maximum absolute atomic E-state index is 13.5. The highest BCUT2D eigenvalue weighted by molar-refractivity contribution is 6.36. The molecule has 6 aliphatic carbocycles. The number of benzene rings is 2. The van der Waals surface area contributed by atoms with Crippen LogP contribution < -0.4 is 10.6 Å². The molecule has 62 heavy (non-hydrogen) atoms. The predicted molar refractivity (Wildman–Crippen MR) is 247 cm³/mol. The Balaban J connectivity index is 0.000000141. The quantitative estimate of drug-likeness (QED) is 0.122. The summed E-state index contributed by atoms with van der Waals surface area (Å²) in [4.78, 5) is 35.2. The van der Waals surface area contributed by atoms with Gasteiger partial charge in [-0.2, -0.15) is 0 Å². The van der Waals surface area contributed by atoms with Gasteiger partial charge in [-0.15, -0.1) is 0 Å². The van der Waals surface area contributed by atoms with E-state index in [1.807, 2.05) is 118 Å². The minimum absolute atomic E-state index is 0.196. The van der Waals surface area contributed by atoms with Gasteiger partial charge in [0.1, 0.15) is 11.6 Å². The van der Waals surface area contributed by atoms with Crippen LogP contribution in [0.1, 0.15) is 56.2 Å². The number of hydrogen-bond acceptors (Lipinski definition) is 4. The number of aryl methyl sites for hydroxylation is 3. The van der Waals surface area contributed by atoms with Gasteiger partial charge in [-0.05, 0) is 144 Å². The van der Waals surface area contributed by atoms with E-state index in [0.29, 0.717) is 33.6 Å². The Morgan fingerprint density at radius 2 is 0.790 bits per heavy atom. The predicted octanol–water partition coefficient (Wildman–Crippen LogP) is 12.4. The molecule has 2 aromatic rings. The van der Waals surface area contributed by atoms with Gasteiger partial charge < -0.3 is 15.7 Å². The van der Waals surface area contributed by atoms with Gasteiger partial charge in [0, 0.05) is 45.8 Å². The maximum atomic E-state index is 13.5. The van der Waals surface area contributed by atoms with Crippen LogP contribution in [-0.2, 0) is 9.59 Å². The second-order valence-electron chi connectivity index (χ2n) is 14.9. The van der Waals surface area contributed by atoms with E-state index in [9.17, 15) is 23.2 Å². The number of anilines is 2. The molecular formula is C54H44F2N2O4. The first-order valence-electron chi connectivity index (χ1n) is 20.2. The molecule has 3 N–H and O–H groups in total. The molecule has 2 amide bonds. The Morgan fingerprint density at radius 3 is 1.15 bits per heavy atom. The zero-order valence-corrected chi connectivity index (χ0v) is 34.7. The summed E-state index contributed by atoms with van der Waals surface area (Å²) >= 11 is 0. The van der Waals surface area contributed by atoms with Gasteiger partial charge in [-0.3, -0.25) is 14.4 Å². The summed E-state index contributed by atoms with van der Waals surface area (Å²) in [5.74, 6) is -1.09. The Bertz CT molecular complexity index is 2770. The number of amides is 2. The molecule has 2 aliphatic heterocycles. The van der Waals surface area contributed by atoms with Gasteiger partial charge in [0.15, 0.2) is 6.29 Å². The van der Waals surface area contributed by atoms with Gasteiger partial charge in [-0.1, -0.05) is 103 Å². The van der Waals surface area contributed by atoms with E-state index in [1.165, 1.54) is 24.3 Å². The average molecular weight is 823 g/mol. The first-order chi connectivity index (χ1) is 30.0. The monoisotopic (exact) mass is 822 g/mol. The molecule has 0 fully saturated rings. The Kier molecular flexibility index (Phi) is 12.9. The van der Waals surface area contributed by atoms with Crippen molar-refractivity contribution in [1.29, 1.82) is 0 Å². The summed E-state index contributed by atoms with van der Waals surface area (Å²) < 4.78 is 27.1. The Labute approximate surface area is 359 Å². The molecule has 0 atom stereocenters. The van der Waals surface area contributed by atoms with Crippen LogP contribution in [0.4, 0.5) is 20.2 Å². The molecule has 6 nitrogen and oxygen atoms in total. The molecule has 0 spiro atoms. The van der Waals surface area contributed by atoms with Gasteiger partial charge >= 0.3 is 0 Å². The minimum Gasteiger partial charge on any atom is -0.397 e. The van der Waals surface area contributed by atoms with Crippen molar-refractivity contribution in [1.82, 2.24) is 0 Å². The van der Waals surface area contributed by atoms with Gasteiger partial charge in [0.05, 0.1) is 0 Å². The lowest BCUT2D eigenvalue weighted by Gasteiger charge is -2.00. The van der Waals surface area contributed by atoms with Crippen LogP contribution in [0.2, 0.25) is 0 Å². The summed E-state index contributed by atoms with van der Waals surface area (Å²) in [5.41, 5.74) is 16.4. The highest BCUT2D eigenvalue weighted by Crippen LogP contribution is 2.40. The van der Waals surface area contributed by atoms with E-state index in [4.69, 9.17) is 5.11 Å².